The second-order valence-electron chi connectivity index (χ2n) is 8.15. The highest BCUT2D eigenvalue weighted by Gasteiger charge is 2.26. The van der Waals surface area contributed by atoms with Gasteiger partial charge in [-0.3, -0.25) is 4.90 Å². The van der Waals surface area contributed by atoms with Gasteiger partial charge in [0.15, 0.2) is 0 Å². The van der Waals surface area contributed by atoms with Crippen LogP contribution >= 0.6 is 11.6 Å². The van der Waals surface area contributed by atoms with Crippen LogP contribution in [0.1, 0.15) is 32.1 Å². The van der Waals surface area contributed by atoms with E-state index in [2.05, 4.69) is 26.1 Å². The molecule has 1 saturated carbocycles. The van der Waals surface area contributed by atoms with Crippen molar-refractivity contribution in [1.82, 2.24) is 19.9 Å². The Morgan fingerprint density at radius 2 is 1.63 bits per heavy atom. The van der Waals surface area contributed by atoms with Gasteiger partial charge >= 0.3 is 0 Å². The molecule has 0 bridgehead atoms. The van der Waals surface area contributed by atoms with Gasteiger partial charge < -0.3 is 19.9 Å². The minimum Gasteiger partial charge on any atom is -0.378 e. The number of alkyl halides is 1. The van der Waals surface area contributed by atoms with Crippen molar-refractivity contribution in [1.29, 1.82) is 5.26 Å². The Balaban J connectivity index is 1.51. The molecule has 1 aromatic rings. The summed E-state index contributed by atoms with van der Waals surface area (Å²) in [7, 11) is 0. The van der Waals surface area contributed by atoms with Crippen LogP contribution in [0.5, 0.6) is 0 Å². The first-order chi connectivity index (χ1) is 14.7. The molecule has 1 aromatic heterocycles. The molecule has 30 heavy (non-hydrogen) atoms. The normalized spacial score (nSPS) is 25.7. The third-order valence-corrected chi connectivity index (χ3v) is 6.62. The SMILES string of the molecule is N#CCCN1CCN(c2nc(NC3CCCCC3Cl)nc(N3CCOCC3)n2)CC1. The van der Waals surface area contributed by atoms with Gasteiger partial charge in [-0.25, -0.2) is 0 Å². The minimum absolute atomic E-state index is 0.106. The van der Waals surface area contributed by atoms with Gasteiger partial charge in [0, 0.05) is 58.3 Å². The van der Waals surface area contributed by atoms with Crippen molar-refractivity contribution in [3.05, 3.63) is 0 Å². The average Bonchev–Trinajstić information content (AvgIpc) is 2.80. The lowest BCUT2D eigenvalue weighted by atomic mass is 9.95. The number of piperazine rings is 1. The van der Waals surface area contributed by atoms with Gasteiger partial charge in [0.05, 0.1) is 24.7 Å². The second kappa shape index (κ2) is 10.4. The zero-order chi connectivity index (χ0) is 20.8. The molecule has 10 heteroatoms. The number of nitriles is 1. The number of morpholine rings is 1. The van der Waals surface area contributed by atoms with Crippen LogP contribution in [0.4, 0.5) is 17.8 Å². The summed E-state index contributed by atoms with van der Waals surface area (Å²) >= 11 is 6.57. The Bertz CT molecular complexity index is 730. The number of nitrogens with one attached hydrogen (secondary N) is 1. The molecule has 3 aliphatic rings. The van der Waals surface area contributed by atoms with Gasteiger partial charge in [-0.05, 0) is 12.8 Å². The molecule has 4 rings (SSSR count). The van der Waals surface area contributed by atoms with Crippen molar-refractivity contribution >= 4 is 29.4 Å². The van der Waals surface area contributed by atoms with Crippen LogP contribution < -0.4 is 15.1 Å². The molecule has 3 heterocycles. The van der Waals surface area contributed by atoms with Gasteiger partial charge in [0.2, 0.25) is 17.8 Å². The summed E-state index contributed by atoms with van der Waals surface area (Å²) in [6.45, 7) is 7.29. The fraction of sp³-hybridized carbons (Fsp3) is 0.800. The molecule has 2 unspecified atom stereocenters. The maximum absolute atomic E-state index is 8.82. The van der Waals surface area contributed by atoms with Crippen molar-refractivity contribution in [3.8, 4) is 6.07 Å². The van der Waals surface area contributed by atoms with E-state index in [9.17, 15) is 0 Å². The first-order valence-electron chi connectivity index (χ1n) is 11.1. The Morgan fingerprint density at radius 1 is 0.967 bits per heavy atom. The van der Waals surface area contributed by atoms with E-state index in [0.717, 1.165) is 64.6 Å². The molecular weight excluding hydrogens is 404 g/mol. The third-order valence-electron chi connectivity index (χ3n) is 6.10. The highest BCUT2D eigenvalue weighted by molar-refractivity contribution is 6.21. The highest BCUT2D eigenvalue weighted by atomic mass is 35.5. The van der Waals surface area contributed by atoms with E-state index in [1.165, 1.54) is 12.8 Å². The lowest BCUT2D eigenvalue weighted by Gasteiger charge is -2.35. The molecule has 0 spiro atoms. The van der Waals surface area contributed by atoms with Crippen molar-refractivity contribution in [2.45, 2.75) is 43.5 Å². The maximum Gasteiger partial charge on any atom is 0.232 e. The molecule has 1 N–H and O–H groups in total. The van der Waals surface area contributed by atoms with E-state index >= 15 is 0 Å². The minimum atomic E-state index is 0.106. The Labute approximate surface area is 183 Å². The molecule has 0 amide bonds. The fourth-order valence-corrected chi connectivity index (χ4v) is 4.60. The van der Waals surface area contributed by atoms with E-state index in [1.54, 1.807) is 0 Å². The molecule has 9 nitrogen and oxygen atoms in total. The van der Waals surface area contributed by atoms with E-state index in [4.69, 9.17) is 36.6 Å². The highest BCUT2D eigenvalue weighted by Crippen LogP contribution is 2.26. The lowest BCUT2D eigenvalue weighted by Crippen LogP contribution is -2.47. The Hall–Kier alpha value is -1.89. The van der Waals surface area contributed by atoms with Gasteiger partial charge in [-0.2, -0.15) is 20.2 Å². The van der Waals surface area contributed by atoms with E-state index in [-0.39, 0.29) is 11.4 Å². The summed E-state index contributed by atoms with van der Waals surface area (Å²) in [6, 6.07) is 2.42. The molecule has 2 atom stereocenters. The Morgan fingerprint density at radius 3 is 2.30 bits per heavy atom. The summed E-state index contributed by atoms with van der Waals surface area (Å²) in [6.07, 6.45) is 5.00. The van der Waals surface area contributed by atoms with Crippen LogP contribution in [0.2, 0.25) is 0 Å². The molecule has 164 valence electrons. The van der Waals surface area contributed by atoms with Gasteiger partial charge in [-0.1, -0.05) is 12.8 Å². The second-order valence-corrected chi connectivity index (χ2v) is 8.71. The van der Waals surface area contributed by atoms with Crippen molar-refractivity contribution in [2.24, 2.45) is 0 Å². The number of rotatable bonds is 6. The predicted molar refractivity (Wildman–Crippen MR) is 117 cm³/mol. The molecule has 3 fully saturated rings. The van der Waals surface area contributed by atoms with E-state index in [1.807, 2.05) is 0 Å². The average molecular weight is 435 g/mol. The zero-order valence-electron chi connectivity index (χ0n) is 17.5. The van der Waals surface area contributed by atoms with Crippen LogP contribution in [0.3, 0.4) is 0 Å². The molecule has 2 aliphatic heterocycles. The molecule has 0 aromatic carbocycles. The summed E-state index contributed by atoms with van der Waals surface area (Å²) in [5, 5.41) is 12.4. The first-order valence-corrected chi connectivity index (χ1v) is 11.5. The number of hydrogen-bond donors (Lipinski definition) is 1. The molecule has 1 aliphatic carbocycles. The van der Waals surface area contributed by atoms with Crippen LogP contribution in [0.25, 0.3) is 0 Å². The number of hydrogen-bond acceptors (Lipinski definition) is 9. The van der Waals surface area contributed by atoms with Gasteiger partial charge in [0.25, 0.3) is 0 Å². The van der Waals surface area contributed by atoms with Crippen LogP contribution in [-0.4, -0.2) is 90.3 Å². The Kier molecular flexibility index (Phi) is 7.42. The number of aromatic nitrogens is 3. The van der Waals surface area contributed by atoms with Crippen LogP contribution in [-0.2, 0) is 4.74 Å². The molecular formula is C20H31ClN8O. The van der Waals surface area contributed by atoms with Crippen LogP contribution in [0.15, 0.2) is 0 Å². The number of anilines is 3. The lowest BCUT2D eigenvalue weighted by molar-refractivity contribution is 0.122. The van der Waals surface area contributed by atoms with E-state index < -0.39 is 0 Å². The smallest absolute Gasteiger partial charge is 0.232 e. The summed E-state index contributed by atoms with van der Waals surface area (Å²) < 4.78 is 5.49. The number of ether oxygens (including phenoxy) is 1. The summed E-state index contributed by atoms with van der Waals surface area (Å²) in [5.41, 5.74) is 0. The fourth-order valence-electron chi connectivity index (χ4n) is 4.26. The monoisotopic (exact) mass is 434 g/mol. The van der Waals surface area contributed by atoms with E-state index in [0.29, 0.717) is 31.5 Å². The summed E-state index contributed by atoms with van der Waals surface area (Å²) in [4.78, 5) is 21.0. The quantitative estimate of drug-likeness (QED) is 0.671. The van der Waals surface area contributed by atoms with Gasteiger partial charge in [0.1, 0.15) is 0 Å². The molecule has 2 saturated heterocycles. The van der Waals surface area contributed by atoms with Crippen LogP contribution in [0, 0.1) is 11.3 Å². The van der Waals surface area contributed by atoms with Gasteiger partial charge in [-0.15, -0.1) is 11.6 Å². The molecule has 0 radical (unpaired) electrons. The maximum atomic E-state index is 8.82. The standard InChI is InChI=1S/C20H31ClN8O/c21-16-4-1-2-5-17(16)23-18-24-19(26-20(25-18)29-12-14-30-15-13-29)28-10-8-27(9-11-28)7-3-6-22/h16-17H,1-5,7-15H2,(H,23,24,25,26). The number of nitrogens with zero attached hydrogens (tertiary/aromatic N) is 7. The predicted octanol–water partition coefficient (Wildman–Crippen LogP) is 1.71. The van der Waals surface area contributed by atoms with Crippen molar-refractivity contribution < 1.29 is 4.74 Å². The topological polar surface area (TPSA) is 93.4 Å². The first kappa shape index (κ1) is 21.3. The summed E-state index contributed by atoms with van der Waals surface area (Å²) in [5.74, 6) is 2.04. The number of halogens is 1. The zero-order valence-corrected chi connectivity index (χ0v) is 18.2. The third kappa shape index (κ3) is 5.42. The van der Waals surface area contributed by atoms with Crippen molar-refractivity contribution in [3.63, 3.8) is 0 Å². The van der Waals surface area contributed by atoms with Crippen molar-refractivity contribution in [2.75, 3.05) is 74.1 Å². The largest absolute Gasteiger partial charge is 0.378 e.